The van der Waals surface area contributed by atoms with Gasteiger partial charge in [-0.3, -0.25) is 13.8 Å². The van der Waals surface area contributed by atoms with Crippen LogP contribution in [-0.4, -0.2) is 73.4 Å². The van der Waals surface area contributed by atoms with Crippen molar-refractivity contribution in [1.29, 1.82) is 0 Å². The fraction of sp³-hybridized carbons (Fsp3) is 0.919. The molecule has 9 heteroatoms. The predicted octanol–water partition coefficient (Wildman–Crippen LogP) is 9.63. The molecule has 1 amide bonds. The highest BCUT2D eigenvalue weighted by Crippen LogP contribution is 2.43. The molecule has 0 radical (unpaired) electrons. The Hall–Kier alpha value is -0.760. The van der Waals surface area contributed by atoms with Crippen molar-refractivity contribution in [3.05, 3.63) is 12.2 Å². The van der Waals surface area contributed by atoms with Crippen LogP contribution in [0.25, 0.3) is 0 Å². The number of phosphoric acid groups is 1. The number of aliphatic hydroxyl groups excluding tert-OH is 1. The van der Waals surface area contributed by atoms with Crippen LogP contribution in [0.2, 0.25) is 0 Å². The number of likely N-dealkylation sites (N-methyl/N-ethyl adjacent to an activating group) is 1. The van der Waals surface area contributed by atoms with Gasteiger partial charge in [0.2, 0.25) is 5.91 Å². The number of rotatable bonds is 34. The molecular weight excluding hydrogens is 599 g/mol. The molecule has 0 fully saturated rings. The maximum Gasteiger partial charge on any atom is 0.472 e. The number of nitrogens with zero attached hydrogens (tertiary/aromatic N) is 1. The molecule has 3 N–H and O–H groups in total. The smallest absolute Gasteiger partial charge is 0.391 e. The summed E-state index contributed by atoms with van der Waals surface area (Å²) in [6, 6.07) is -0.768. The Morgan fingerprint density at radius 3 is 1.67 bits per heavy atom. The number of amides is 1. The van der Waals surface area contributed by atoms with E-state index in [9.17, 15) is 19.4 Å². The summed E-state index contributed by atoms with van der Waals surface area (Å²) in [6.07, 6.45) is 30.9. The lowest BCUT2D eigenvalue weighted by molar-refractivity contribution is -0.870. The molecule has 0 spiro atoms. The predicted molar refractivity (Wildman–Crippen MR) is 194 cm³/mol. The quantitative estimate of drug-likeness (QED) is 0.0272. The van der Waals surface area contributed by atoms with Gasteiger partial charge in [-0.2, -0.15) is 0 Å². The van der Waals surface area contributed by atoms with Gasteiger partial charge in [-0.15, -0.1) is 0 Å². The van der Waals surface area contributed by atoms with Crippen LogP contribution < -0.4 is 5.32 Å². The van der Waals surface area contributed by atoms with Crippen molar-refractivity contribution in [2.24, 2.45) is 0 Å². The molecule has 0 aliphatic carbocycles. The van der Waals surface area contributed by atoms with E-state index >= 15 is 0 Å². The van der Waals surface area contributed by atoms with Crippen molar-refractivity contribution in [3.63, 3.8) is 0 Å². The molecule has 0 aromatic rings. The van der Waals surface area contributed by atoms with E-state index in [1.165, 1.54) is 96.3 Å². The summed E-state index contributed by atoms with van der Waals surface area (Å²) in [7, 11) is 1.60. The van der Waals surface area contributed by atoms with Crippen LogP contribution >= 0.6 is 7.82 Å². The van der Waals surface area contributed by atoms with Crippen LogP contribution in [0.15, 0.2) is 12.2 Å². The number of allylic oxidation sites excluding steroid dienone is 2. The maximum atomic E-state index is 12.8. The summed E-state index contributed by atoms with van der Waals surface area (Å²) >= 11 is 0. The fourth-order valence-corrected chi connectivity index (χ4v) is 6.13. The highest BCUT2D eigenvalue weighted by molar-refractivity contribution is 7.47. The first-order valence-corrected chi connectivity index (χ1v) is 20.5. The Bertz CT molecular complexity index is 773. The number of hydrogen-bond donors (Lipinski definition) is 3. The van der Waals surface area contributed by atoms with Crippen LogP contribution in [0.1, 0.15) is 168 Å². The average Bonchev–Trinajstić information content (AvgIpc) is 2.99. The summed E-state index contributed by atoms with van der Waals surface area (Å²) in [4.78, 5) is 22.9. The molecule has 0 aliphatic rings. The van der Waals surface area contributed by atoms with Gasteiger partial charge in [-0.25, -0.2) is 4.57 Å². The number of phosphoric ester groups is 1. The van der Waals surface area contributed by atoms with Crippen molar-refractivity contribution < 1.29 is 32.9 Å². The van der Waals surface area contributed by atoms with Crippen LogP contribution in [-0.2, 0) is 18.4 Å². The van der Waals surface area contributed by atoms with E-state index in [2.05, 4.69) is 31.3 Å². The average molecular weight is 676 g/mol. The van der Waals surface area contributed by atoms with Gasteiger partial charge < -0.3 is 19.8 Å². The van der Waals surface area contributed by atoms with Crippen molar-refractivity contribution >= 4 is 13.7 Å². The monoisotopic (exact) mass is 676 g/mol. The molecule has 0 bridgehead atoms. The number of nitrogens with one attached hydrogen (secondary N) is 1. The van der Waals surface area contributed by atoms with E-state index in [1.807, 2.05) is 21.1 Å². The van der Waals surface area contributed by atoms with Gasteiger partial charge >= 0.3 is 7.82 Å². The third-order valence-electron chi connectivity index (χ3n) is 8.51. The molecule has 0 aliphatic heterocycles. The Balaban J connectivity index is 4.51. The maximum absolute atomic E-state index is 12.8. The van der Waals surface area contributed by atoms with E-state index in [1.54, 1.807) is 0 Å². The lowest BCUT2D eigenvalue weighted by Crippen LogP contribution is -2.46. The second-order valence-electron chi connectivity index (χ2n) is 14.3. The summed E-state index contributed by atoms with van der Waals surface area (Å²) in [5.74, 6) is -0.158. The molecule has 46 heavy (non-hydrogen) atoms. The van der Waals surface area contributed by atoms with Crippen molar-refractivity contribution in [2.45, 2.75) is 180 Å². The molecule has 8 nitrogen and oxygen atoms in total. The van der Waals surface area contributed by atoms with E-state index < -0.39 is 20.0 Å². The molecule has 3 atom stereocenters. The molecule has 0 rings (SSSR count). The zero-order valence-electron chi connectivity index (χ0n) is 30.8. The van der Waals surface area contributed by atoms with Crippen molar-refractivity contribution in [2.75, 3.05) is 40.9 Å². The Morgan fingerprint density at radius 1 is 0.717 bits per heavy atom. The Kier molecular flexibility index (Phi) is 29.8. The number of quaternary nitrogens is 1. The first-order chi connectivity index (χ1) is 22.0. The normalized spacial score (nSPS) is 14.8. The minimum atomic E-state index is -4.30. The SMILES string of the molecule is CCCCCCCCCC/C=C/CCCC[C@@H](O)[C@H](COP(=O)(O)OCC[N+](C)(C)C)NC(=O)CCCCCCCCCCCC. The highest BCUT2D eigenvalue weighted by atomic mass is 31.2. The Labute approximate surface area is 284 Å². The molecule has 0 aromatic heterocycles. The van der Waals surface area contributed by atoms with E-state index in [0.29, 0.717) is 23.9 Å². The summed E-state index contributed by atoms with van der Waals surface area (Å²) < 4.78 is 23.5. The number of carbonyl (C=O) groups excluding carboxylic acids is 1. The third kappa shape index (κ3) is 31.8. The molecule has 274 valence electrons. The molecule has 0 heterocycles. The number of unbranched alkanes of at least 4 members (excludes halogenated alkanes) is 19. The highest BCUT2D eigenvalue weighted by Gasteiger charge is 2.28. The summed E-state index contributed by atoms with van der Waals surface area (Å²) in [6.45, 7) is 4.83. The van der Waals surface area contributed by atoms with E-state index in [0.717, 1.165) is 44.9 Å². The number of aliphatic hydroxyl groups is 1. The van der Waals surface area contributed by atoms with Gasteiger partial charge in [0, 0.05) is 6.42 Å². The van der Waals surface area contributed by atoms with Crippen LogP contribution in [0.3, 0.4) is 0 Å². The van der Waals surface area contributed by atoms with Crippen LogP contribution in [0, 0.1) is 0 Å². The molecule has 0 aromatic carbocycles. The van der Waals surface area contributed by atoms with Crippen molar-refractivity contribution in [1.82, 2.24) is 5.32 Å². The molecule has 0 saturated heterocycles. The second-order valence-corrected chi connectivity index (χ2v) is 15.8. The number of hydrogen-bond acceptors (Lipinski definition) is 5. The molecule has 0 saturated carbocycles. The topological polar surface area (TPSA) is 105 Å². The van der Waals surface area contributed by atoms with Gasteiger partial charge in [-0.1, -0.05) is 135 Å². The lowest BCUT2D eigenvalue weighted by Gasteiger charge is -2.26. The largest absolute Gasteiger partial charge is 0.472 e. The lowest BCUT2D eigenvalue weighted by atomic mass is 10.0. The minimum Gasteiger partial charge on any atom is -0.391 e. The first kappa shape index (κ1) is 45.2. The zero-order valence-corrected chi connectivity index (χ0v) is 31.7. The van der Waals surface area contributed by atoms with Gasteiger partial charge in [0.25, 0.3) is 0 Å². The van der Waals surface area contributed by atoms with Crippen LogP contribution in [0.5, 0.6) is 0 Å². The number of carbonyl (C=O) groups is 1. The standard InChI is InChI=1S/C37H75N2O6P/c1-6-8-10-12-14-16-18-19-20-21-22-24-26-28-30-36(40)35(34-45-46(42,43)44-33-32-39(3,4)5)38-37(41)31-29-27-25-23-17-15-13-11-9-7-2/h21-22,35-36,40H,6-20,23-34H2,1-5H3,(H-,38,41,42,43)/p+1/b22-21+/t35-,36+/m0/s1. The van der Waals surface area contributed by atoms with Gasteiger partial charge in [0.15, 0.2) is 0 Å². The van der Waals surface area contributed by atoms with Crippen molar-refractivity contribution in [3.8, 4) is 0 Å². The van der Waals surface area contributed by atoms with E-state index in [-0.39, 0.29) is 19.1 Å². The van der Waals surface area contributed by atoms with Gasteiger partial charge in [0.05, 0.1) is 39.9 Å². The minimum absolute atomic E-state index is 0.0716. The summed E-state index contributed by atoms with van der Waals surface area (Å²) in [5.41, 5.74) is 0. The molecule has 1 unspecified atom stereocenters. The van der Waals surface area contributed by atoms with E-state index in [4.69, 9.17) is 9.05 Å². The first-order valence-electron chi connectivity index (χ1n) is 19.1. The third-order valence-corrected chi connectivity index (χ3v) is 9.50. The molecular formula is C37H76N2O6P+. The van der Waals surface area contributed by atoms with Crippen LogP contribution in [0.4, 0.5) is 0 Å². The van der Waals surface area contributed by atoms with Gasteiger partial charge in [0.1, 0.15) is 13.2 Å². The zero-order chi connectivity index (χ0) is 34.4. The fourth-order valence-electron chi connectivity index (χ4n) is 5.39. The summed E-state index contributed by atoms with van der Waals surface area (Å²) in [5, 5.41) is 13.8. The second kappa shape index (κ2) is 30.3. The van der Waals surface area contributed by atoms with Gasteiger partial charge in [-0.05, 0) is 38.5 Å². The Morgan fingerprint density at radius 2 is 1.17 bits per heavy atom.